The van der Waals surface area contributed by atoms with Crippen molar-refractivity contribution in [3.05, 3.63) is 35.4 Å². The number of ether oxygens (including phenoxy) is 1. The van der Waals surface area contributed by atoms with Crippen molar-refractivity contribution in [3.8, 4) is 0 Å². The number of Topliss-reactive ketones (excluding diaryl/α,β-unsaturated/α-hetero) is 1. The molecular weight excluding hydrogens is 306 g/mol. The Bertz CT molecular complexity index is 613. The molecule has 1 aromatic carbocycles. The van der Waals surface area contributed by atoms with Crippen molar-refractivity contribution >= 4 is 17.7 Å². The summed E-state index contributed by atoms with van der Waals surface area (Å²) in [5.74, 6) is -0.293. The van der Waals surface area contributed by atoms with Gasteiger partial charge in [-0.05, 0) is 44.7 Å². The fourth-order valence-corrected chi connectivity index (χ4v) is 2.72. The van der Waals surface area contributed by atoms with Gasteiger partial charge in [0.15, 0.2) is 5.78 Å². The number of amides is 1. The molecule has 5 nitrogen and oxygen atoms in total. The van der Waals surface area contributed by atoms with E-state index in [0.717, 1.165) is 24.0 Å². The normalized spacial score (nSPS) is 17.6. The third-order valence-electron chi connectivity index (χ3n) is 3.80. The largest absolute Gasteiger partial charge is 0.460 e. The number of rotatable bonds is 5. The van der Waals surface area contributed by atoms with Crippen LogP contribution in [0.3, 0.4) is 0 Å². The molecule has 0 radical (unpaired) electrons. The fraction of sp³-hybridized carbons (Fsp3) is 0.526. The van der Waals surface area contributed by atoms with E-state index in [0.29, 0.717) is 6.42 Å². The number of esters is 1. The summed E-state index contributed by atoms with van der Waals surface area (Å²) in [6.45, 7) is 5.51. The standard InChI is InChI=1S/C19H25NO4/c1-19(2,3)24-18(23)12-14-9-7-13(8-10-14)11-17(22)20-15-5-4-6-16(15)21/h7-10,15H,4-6,11-12H2,1-3H3,(H,20,22). The molecule has 1 unspecified atom stereocenters. The Hall–Kier alpha value is -2.17. The lowest BCUT2D eigenvalue weighted by Crippen LogP contribution is -2.38. The van der Waals surface area contributed by atoms with Crippen LogP contribution in [0.2, 0.25) is 0 Å². The van der Waals surface area contributed by atoms with Crippen LogP contribution in [0.1, 0.15) is 51.2 Å². The number of nitrogens with one attached hydrogen (secondary N) is 1. The van der Waals surface area contributed by atoms with Gasteiger partial charge >= 0.3 is 5.97 Å². The summed E-state index contributed by atoms with van der Waals surface area (Å²) in [5, 5.41) is 2.79. The highest BCUT2D eigenvalue weighted by Gasteiger charge is 2.25. The van der Waals surface area contributed by atoms with E-state index in [2.05, 4.69) is 5.32 Å². The molecule has 0 aromatic heterocycles. The van der Waals surface area contributed by atoms with Gasteiger partial charge in [-0.25, -0.2) is 0 Å². The van der Waals surface area contributed by atoms with Gasteiger partial charge in [0.05, 0.1) is 18.9 Å². The Labute approximate surface area is 142 Å². The molecule has 1 amide bonds. The molecule has 0 saturated heterocycles. The van der Waals surface area contributed by atoms with Crippen molar-refractivity contribution in [2.75, 3.05) is 0 Å². The Balaban J connectivity index is 1.84. The number of benzene rings is 1. The first kappa shape index (κ1) is 18.2. The Morgan fingerprint density at radius 1 is 1.12 bits per heavy atom. The lowest BCUT2D eigenvalue weighted by molar-refractivity contribution is -0.153. The first-order valence-electron chi connectivity index (χ1n) is 8.35. The van der Waals surface area contributed by atoms with Crippen LogP contribution < -0.4 is 5.32 Å². The lowest BCUT2D eigenvalue weighted by Gasteiger charge is -2.19. The van der Waals surface area contributed by atoms with Crippen molar-refractivity contribution in [2.45, 2.75) is 64.5 Å². The molecule has 1 aliphatic carbocycles. The van der Waals surface area contributed by atoms with Crippen LogP contribution in [0.4, 0.5) is 0 Å². The molecule has 1 atom stereocenters. The highest BCUT2D eigenvalue weighted by Crippen LogP contribution is 2.15. The third-order valence-corrected chi connectivity index (χ3v) is 3.80. The monoisotopic (exact) mass is 331 g/mol. The van der Waals surface area contributed by atoms with Gasteiger partial charge in [0.1, 0.15) is 5.60 Å². The second kappa shape index (κ2) is 7.60. The molecule has 0 heterocycles. The molecule has 1 aliphatic rings. The quantitative estimate of drug-likeness (QED) is 0.841. The minimum Gasteiger partial charge on any atom is -0.460 e. The maximum Gasteiger partial charge on any atom is 0.310 e. The molecule has 0 spiro atoms. The summed E-state index contributed by atoms with van der Waals surface area (Å²) in [4.78, 5) is 35.3. The molecule has 1 saturated carbocycles. The maximum atomic E-state index is 12.0. The highest BCUT2D eigenvalue weighted by atomic mass is 16.6. The molecule has 1 fully saturated rings. The van der Waals surface area contributed by atoms with Crippen molar-refractivity contribution in [1.82, 2.24) is 5.32 Å². The third kappa shape index (κ3) is 5.80. The van der Waals surface area contributed by atoms with Crippen LogP contribution in [0.15, 0.2) is 24.3 Å². The van der Waals surface area contributed by atoms with Crippen LogP contribution in [0.25, 0.3) is 0 Å². The molecule has 0 bridgehead atoms. The van der Waals surface area contributed by atoms with Crippen molar-refractivity contribution in [1.29, 1.82) is 0 Å². The van der Waals surface area contributed by atoms with Crippen molar-refractivity contribution in [3.63, 3.8) is 0 Å². The minimum atomic E-state index is -0.493. The topological polar surface area (TPSA) is 72.5 Å². The summed E-state index contributed by atoms with van der Waals surface area (Å²) >= 11 is 0. The van der Waals surface area contributed by atoms with Crippen molar-refractivity contribution in [2.24, 2.45) is 0 Å². The van der Waals surface area contributed by atoms with Crippen LogP contribution >= 0.6 is 0 Å². The van der Waals surface area contributed by atoms with Gasteiger partial charge in [-0.3, -0.25) is 14.4 Å². The molecule has 130 valence electrons. The summed E-state index contributed by atoms with van der Waals surface area (Å²) in [7, 11) is 0. The van der Waals surface area contributed by atoms with Crippen LogP contribution in [0, 0.1) is 0 Å². The van der Waals surface area contributed by atoms with Gasteiger partial charge in [0.2, 0.25) is 5.91 Å². The van der Waals surface area contributed by atoms with E-state index in [9.17, 15) is 14.4 Å². The number of carbonyl (C=O) groups excluding carboxylic acids is 3. The summed E-state index contributed by atoms with van der Waals surface area (Å²) in [6.07, 6.45) is 2.59. The van der Waals surface area contributed by atoms with Gasteiger partial charge in [0, 0.05) is 6.42 Å². The number of hydrogen-bond acceptors (Lipinski definition) is 4. The predicted octanol–water partition coefficient (Wildman–Crippen LogP) is 2.35. The zero-order chi connectivity index (χ0) is 17.7. The first-order valence-corrected chi connectivity index (χ1v) is 8.35. The Kier molecular flexibility index (Phi) is 5.75. The van der Waals surface area contributed by atoms with E-state index in [-0.39, 0.29) is 36.5 Å². The van der Waals surface area contributed by atoms with Gasteiger partial charge in [-0.2, -0.15) is 0 Å². The van der Waals surface area contributed by atoms with E-state index in [1.54, 1.807) is 0 Å². The SMILES string of the molecule is CC(C)(C)OC(=O)Cc1ccc(CC(=O)NC2CCCC2=O)cc1. The summed E-state index contributed by atoms with van der Waals surface area (Å²) in [5.41, 5.74) is 1.21. The smallest absolute Gasteiger partial charge is 0.310 e. The lowest BCUT2D eigenvalue weighted by atomic mass is 10.1. The van der Waals surface area contributed by atoms with E-state index in [4.69, 9.17) is 4.74 Å². The van der Waals surface area contributed by atoms with Gasteiger partial charge in [-0.15, -0.1) is 0 Å². The van der Waals surface area contributed by atoms with E-state index in [1.807, 2.05) is 45.0 Å². The van der Waals surface area contributed by atoms with E-state index < -0.39 is 5.60 Å². The highest BCUT2D eigenvalue weighted by molar-refractivity contribution is 5.91. The maximum absolute atomic E-state index is 12.0. The molecular formula is C19H25NO4. The zero-order valence-electron chi connectivity index (χ0n) is 14.6. The van der Waals surface area contributed by atoms with E-state index in [1.165, 1.54) is 0 Å². The second-order valence-corrected chi connectivity index (χ2v) is 7.24. The fourth-order valence-electron chi connectivity index (χ4n) is 2.72. The van der Waals surface area contributed by atoms with Crippen molar-refractivity contribution < 1.29 is 19.1 Å². The van der Waals surface area contributed by atoms with Gasteiger partial charge < -0.3 is 10.1 Å². The molecule has 24 heavy (non-hydrogen) atoms. The van der Waals surface area contributed by atoms with Crippen LogP contribution in [-0.4, -0.2) is 29.3 Å². The summed E-state index contributed by atoms with van der Waals surface area (Å²) in [6, 6.07) is 7.00. The average Bonchev–Trinajstić information content (AvgIpc) is 2.84. The Morgan fingerprint density at radius 2 is 1.71 bits per heavy atom. The number of ketones is 1. The Morgan fingerprint density at radius 3 is 2.21 bits per heavy atom. The van der Waals surface area contributed by atoms with Crippen LogP contribution in [-0.2, 0) is 32.0 Å². The molecule has 2 rings (SSSR count). The van der Waals surface area contributed by atoms with Gasteiger partial charge in [-0.1, -0.05) is 24.3 Å². The predicted molar refractivity (Wildman–Crippen MR) is 90.5 cm³/mol. The summed E-state index contributed by atoms with van der Waals surface area (Å²) < 4.78 is 5.29. The molecule has 5 heteroatoms. The average molecular weight is 331 g/mol. The molecule has 1 aromatic rings. The zero-order valence-corrected chi connectivity index (χ0v) is 14.6. The number of carbonyl (C=O) groups is 3. The number of hydrogen-bond donors (Lipinski definition) is 1. The minimum absolute atomic E-state index is 0.121. The molecule has 0 aliphatic heterocycles. The second-order valence-electron chi connectivity index (χ2n) is 7.24. The van der Waals surface area contributed by atoms with Gasteiger partial charge in [0.25, 0.3) is 0 Å². The van der Waals surface area contributed by atoms with Crippen LogP contribution in [0.5, 0.6) is 0 Å². The van der Waals surface area contributed by atoms with E-state index >= 15 is 0 Å². The first-order chi connectivity index (χ1) is 11.2. The molecule has 1 N–H and O–H groups in total.